The summed E-state index contributed by atoms with van der Waals surface area (Å²) in [7, 11) is -3.96. The Labute approximate surface area is 148 Å². The van der Waals surface area contributed by atoms with Crippen molar-refractivity contribution in [3.05, 3.63) is 30.1 Å². The molecule has 9 heteroatoms. The Bertz CT molecular complexity index is 614. The van der Waals surface area contributed by atoms with Crippen LogP contribution in [0.2, 0.25) is 0 Å². The molecule has 138 valence electrons. The van der Waals surface area contributed by atoms with Crippen LogP contribution in [0.5, 0.6) is 0 Å². The van der Waals surface area contributed by atoms with Gasteiger partial charge in [-0.15, -0.1) is 12.4 Å². The lowest BCUT2D eigenvalue weighted by Gasteiger charge is -2.16. The van der Waals surface area contributed by atoms with Crippen molar-refractivity contribution in [1.29, 1.82) is 0 Å². The number of hydrogen-bond donors (Lipinski definition) is 3. The van der Waals surface area contributed by atoms with Gasteiger partial charge in [0.15, 0.2) is 0 Å². The van der Waals surface area contributed by atoms with E-state index in [2.05, 4.69) is 10.0 Å². The molecule has 1 unspecified atom stereocenters. The van der Waals surface area contributed by atoms with E-state index in [0.717, 1.165) is 25.3 Å². The highest BCUT2D eigenvalue weighted by molar-refractivity contribution is 7.89. The predicted octanol–water partition coefficient (Wildman–Crippen LogP) is 1.55. The van der Waals surface area contributed by atoms with E-state index in [1.54, 1.807) is 0 Å². The molecule has 0 spiro atoms. The second-order valence-electron chi connectivity index (χ2n) is 5.22. The molecule has 1 atom stereocenters. The van der Waals surface area contributed by atoms with Crippen molar-refractivity contribution in [3.63, 3.8) is 0 Å². The zero-order valence-corrected chi connectivity index (χ0v) is 15.3. The van der Waals surface area contributed by atoms with Crippen LogP contribution in [0.3, 0.4) is 0 Å². The van der Waals surface area contributed by atoms with Crippen molar-refractivity contribution in [2.45, 2.75) is 43.5 Å². The van der Waals surface area contributed by atoms with Crippen LogP contribution in [0, 0.1) is 5.82 Å². The van der Waals surface area contributed by atoms with Gasteiger partial charge in [0.1, 0.15) is 10.7 Å². The number of carbonyl (C=O) groups excluding carboxylic acids is 1. The van der Waals surface area contributed by atoms with Crippen molar-refractivity contribution in [1.82, 2.24) is 10.0 Å². The molecule has 0 aliphatic rings. The Morgan fingerprint density at radius 3 is 2.58 bits per heavy atom. The Balaban J connectivity index is 0.00000529. The summed E-state index contributed by atoms with van der Waals surface area (Å²) in [6, 6.07) is 4.98. The quantitative estimate of drug-likeness (QED) is 0.572. The lowest BCUT2D eigenvalue weighted by atomic mass is 10.1. The van der Waals surface area contributed by atoms with Crippen LogP contribution >= 0.6 is 12.4 Å². The molecule has 0 radical (unpaired) electrons. The summed E-state index contributed by atoms with van der Waals surface area (Å²) in [5.41, 5.74) is 5.58. The Morgan fingerprint density at radius 2 is 2.00 bits per heavy atom. The molecule has 0 heterocycles. The molecule has 4 N–H and O–H groups in total. The lowest BCUT2D eigenvalue weighted by Crippen LogP contribution is -2.41. The number of unbranched alkanes of at least 4 members (excludes halogenated alkanes) is 1. The van der Waals surface area contributed by atoms with Crippen molar-refractivity contribution in [3.8, 4) is 0 Å². The third-order valence-electron chi connectivity index (χ3n) is 3.33. The zero-order valence-electron chi connectivity index (χ0n) is 13.6. The van der Waals surface area contributed by atoms with Gasteiger partial charge in [0.25, 0.3) is 0 Å². The van der Waals surface area contributed by atoms with Gasteiger partial charge in [-0.2, -0.15) is 0 Å². The average molecular weight is 382 g/mol. The van der Waals surface area contributed by atoms with Gasteiger partial charge < -0.3 is 11.1 Å². The van der Waals surface area contributed by atoms with Crippen molar-refractivity contribution in [2.75, 3.05) is 13.1 Å². The Morgan fingerprint density at radius 1 is 1.33 bits per heavy atom. The smallest absolute Gasteiger partial charge is 0.243 e. The third kappa shape index (κ3) is 7.57. The molecular formula is C15H25ClFN3O3S. The van der Waals surface area contributed by atoms with Crippen LogP contribution in [-0.2, 0) is 14.8 Å². The summed E-state index contributed by atoms with van der Waals surface area (Å²) < 4.78 is 39.6. The number of nitrogens with one attached hydrogen (secondary N) is 2. The molecule has 24 heavy (non-hydrogen) atoms. The number of rotatable bonds is 10. The summed E-state index contributed by atoms with van der Waals surface area (Å²) in [6.07, 6.45) is 2.73. The largest absolute Gasteiger partial charge is 0.352 e. The van der Waals surface area contributed by atoms with Gasteiger partial charge in [-0.3, -0.25) is 4.79 Å². The van der Waals surface area contributed by atoms with Crippen molar-refractivity contribution < 1.29 is 17.6 Å². The molecule has 1 aromatic rings. The molecule has 6 nitrogen and oxygen atoms in total. The van der Waals surface area contributed by atoms with Crippen molar-refractivity contribution >= 4 is 28.3 Å². The molecular weight excluding hydrogens is 357 g/mol. The third-order valence-corrected chi connectivity index (χ3v) is 4.82. The minimum Gasteiger partial charge on any atom is -0.352 e. The van der Waals surface area contributed by atoms with E-state index in [-0.39, 0.29) is 37.3 Å². The number of sulfonamides is 1. The molecule has 0 aliphatic heterocycles. The normalized spacial score (nSPS) is 12.3. The number of carbonyl (C=O) groups is 1. The van der Waals surface area contributed by atoms with Crippen LogP contribution in [0.4, 0.5) is 4.39 Å². The van der Waals surface area contributed by atoms with Gasteiger partial charge in [0.05, 0.1) is 0 Å². The number of halogens is 2. The average Bonchev–Trinajstić information content (AvgIpc) is 2.51. The molecule has 0 aromatic heterocycles. The van der Waals surface area contributed by atoms with E-state index in [9.17, 15) is 17.6 Å². The minimum atomic E-state index is -3.96. The van der Waals surface area contributed by atoms with Gasteiger partial charge in [0, 0.05) is 25.6 Å². The maximum atomic E-state index is 13.5. The molecule has 0 bridgehead atoms. The zero-order chi connectivity index (χ0) is 17.3. The van der Waals surface area contributed by atoms with Gasteiger partial charge in [-0.1, -0.05) is 31.9 Å². The fraction of sp³-hybridized carbons (Fsp3) is 0.533. The monoisotopic (exact) mass is 381 g/mol. The molecule has 1 rings (SSSR count). The number of benzene rings is 1. The fourth-order valence-electron chi connectivity index (χ4n) is 2.04. The SMILES string of the molecule is CCCCC(CN)NC(=O)CCNS(=O)(=O)c1ccccc1F.Cl. The first-order valence-corrected chi connectivity index (χ1v) is 9.12. The van der Waals surface area contributed by atoms with Crippen LogP contribution in [0.1, 0.15) is 32.6 Å². The first-order chi connectivity index (χ1) is 10.9. The molecule has 1 amide bonds. The lowest BCUT2D eigenvalue weighted by molar-refractivity contribution is -0.121. The van der Waals surface area contributed by atoms with Crippen LogP contribution in [0.25, 0.3) is 0 Å². The molecule has 0 saturated heterocycles. The summed E-state index contributed by atoms with van der Waals surface area (Å²) in [5, 5.41) is 2.77. The van der Waals surface area contributed by atoms with Crippen LogP contribution in [-0.4, -0.2) is 33.5 Å². The summed E-state index contributed by atoms with van der Waals surface area (Å²) in [4.78, 5) is 11.4. The highest BCUT2D eigenvalue weighted by atomic mass is 35.5. The fourth-order valence-corrected chi connectivity index (χ4v) is 3.15. The molecule has 0 aliphatic carbocycles. The molecule has 0 saturated carbocycles. The predicted molar refractivity (Wildman–Crippen MR) is 94.0 cm³/mol. The summed E-state index contributed by atoms with van der Waals surface area (Å²) >= 11 is 0. The van der Waals surface area contributed by atoms with E-state index in [0.29, 0.717) is 6.54 Å². The van der Waals surface area contributed by atoms with E-state index >= 15 is 0 Å². The second kappa shape index (κ2) is 11.4. The van der Waals surface area contributed by atoms with Gasteiger partial charge in [0.2, 0.25) is 15.9 Å². The van der Waals surface area contributed by atoms with E-state index in [4.69, 9.17) is 5.73 Å². The van der Waals surface area contributed by atoms with E-state index in [1.165, 1.54) is 18.2 Å². The van der Waals surface area contributed by atoms with Crippen LogP contribution < -0.4 is 15.8 Å². The summed E-state index contributed by atoms with van der Waals surface area (Å²) in [5.74, 6) is -1.11. The maximum absolute atomic E-state index is 13.5. The Kier molecular flexibility index (Phi) is 10.8. The highest BCUT2D eigenvalue weighted by Crippen LogP contribution is 2.12. The Hall–Kier alpha value is -1.22. The minimum absolute atomic E-state index is 0. The van der Waals surface area contributed by atoms with Crippen molar-refractivity contribution in [2.24, 2.45) is 5.73 Å². The first kappa shape index (κ1) is 22.8. The van der Waals surface area contributed by atoms with E-state index < -0.39 is 20.7 Å². The molecule has 0 fully saturated rings. The standard InChI is InChI=1S/C15H24FN3O3S.ClH/c1-2-3-6-12(11-17)19-15(20)9-10-18-23(21,22)14-8-5-4-7-13(14)16;/h4-5,7-8,12,18H,2-3,6,9-11,17H2,1H3,(H,19,20);1H. The number of hydrogen-bond acceptors (Lipinski definition) is 4. The van der Waals surface area contributed by atoms with Gasteiger partial charge >= 0.3 is 0 Å². The van der Waals surface area contributed by atoms with Gasteiger partial charge in [-0.05, 0) is 18.6 Å². The molecule has 1 aromatic carbocycles. The van der Waals surface area contributed by atoms with Crippen LogP contribution in [0.15, 0.2) is 29.2 Å². The maximum Gasteiger partial charge on any atom is 0.243 e. The van der Waals surface area contributed by atoms with E-state index in [1.807, 2.05) is 6.92 Å². The first-order valence-electron chi connectivity index (χ1n) is 7.64. The number of amides is 1. The van der Waals surface area contributed by atoms with Gasteiger partial charge in [-0.25, -0.2) is 17.5 Å². The second-order valence-corrected chi connectivity index (χ2v) is 6.96. The number of nitrogens with two attached hydrogens (primary N) is 1. The topological polar surface area (TPSA) is 101 Å². The summed E-state index contributed by atoms with van der Waals surface area (Å²) in [6.45, 7) is 2.28. The highest BCUT2D eigenvalue weighted by Gasteiger charge is 2.18.